The molecule has 2 amide bonds. The number of benzene rings is 1. The summed E-state index contributed by atoms with van der Waals surface area (Å²) >= 11 is 0. The molecule has 0 aromatic heterocycles. The lowest BCUT2D eigenvalue weighted by Gasteiger charge is -2.30. The van der Waals surface area contributed by atoms with Gasteiger partial charge in [-0.25, -0.2) is 9.59 Å². The van der Waals surface area contributed by atoms with Crippen molar-refractivity contribution in [2.75, 3.05) is 11.4 Å². The third-order valence-electron chi connectivity index (χ3n) is 3.36. The molecule has 2 rings (SSSR count). The van der Waals surface area contributed by atoms with E-state index in [2.05, 4.69) is 5.32 Å². The molecule has 19 heavy (non-hydrogen) atoms. The Balaban J connectivity index is 2.15. The average molecular weight is 262 g/mol. The second kappa shape index (κ2) is 5.73. The van der Waals surface area contributed by atoms with Crippen molar-refractivity contribution in [3.8, 4) is 0 Å². The lowest BCUT2D eigenvalue weighted by molar-refractivity contribution is -0.139. The fourth-order valence-electron chi connectivity index (χ4n) is 2.31. The molecule has 0 saturated carbocycles. The molecule has 1 heterocycles. The van der Waals surface area contributed by atoms with Crippen molar-refractivity contribution >= 4 is 17.7 Å². The summed E-state index contributed by atoms with van der Waals surface area (Å²) in [6.45, 7) is 2.36. The number of hydrogen-bond donors (Lipinski definition) is 2. The molecule has 0 unspecified atom stereocenters. The number of urea groups is 1. The van der Waals surface area contributed by atoms with Crippen LogP contribution in [0.15, 0.2) is 24.3 Å². The maximum atomic E-state index is 12.2. The Morgan fingerprint density at radius 3 is 2.84 bits per heavy atom. The number of nitrogens with zero attached hydrogens (tertiary/aromatic N) is 1. The normalized spacial score (nSPS) is 15.5. The van der Waals surface area contributed by atoms with E-state index in [0.717, 1.165) is 24.1 Å². The monoisotopic (exact) mass is 262 g/mol. The van der Waals surface area contributed by atoms with Gasteiger partial charge in [0.05, 0.1) is 0 Å². The number of carbonyl (C=O) groups is 2. The summed E-state index contributed by atoms with van der Waals surface area (Å²) in [7, 11) is 0. The Hall–Kier alpha value is -2.04. The Labute approximate surface area is 112 Å². The minimum atomic E-state index is -0.999. The first-order valence-corrected chi connectivity index (χ1v) is 6.52. The molecule has 5 nitrogen and oxygen atoms in total. The first-order chi connectivity index (χ1) is 9.13. The van der Waals surface area contributed by atoms with Gasteiger partial charge in [-0.15, -0.1) is 0 Å². The van der Waals surface area contributed by atoms with E-state index in [4.69, 9.17) is 5.11 Å². The predicted octanol–water partition coefficient (Wildman–Crippen LogP) is 2.01. The van der Waals surface area contributed by atoms with Crippen LogP contribution < -0.4 is 10.2 Å². The van der Waals surface area contributed by atoms with Gasteiger partial charge in [0.1, 0.15) is 6.04 Å². The van der Waals surface area contributed by atoms with E-state index >= 15 is 0 Å². The predicted molar refractivity (Wildman–Crippen MR) is 72.4 cm³/mol. The van der Waals surface area contributed by atoms with Gasteiger partial charge in [-0.2, -0.15) is 0 Å². The molecule has 0 bridgehead atoms. The summed E-state index contributed by atoms with van der Waals surface area (Å²) in [5, 5.41) is 11.5. The second-order valence-electron chi connectivity index (χ2n) is 4.63. The van der Waals surface area contributed by atoms with Gasteiger partial charge in [-0.1, -0.05) is 25.1 Å². The van der Waals surface area contributed by atoms with Crippen LogP contribution in [0.25, 0.3) is 0 Å². The summed E-state index contributed by atoms with van der Waals surface area (Å²) in [5.41, 5.74) is 2.01. The Morgan fingerprint density at radius 1 is 1.42 bits per heavy atom. The van der Waals surface area contributed by atoms with Crippen molar-refractivity contribution < 1.29 is 14.7 Å². The van der Waals surface area contributed by atoms with E-state index in [0.29, 0.717) is 13.0 Å². The molecular weight excluding hydrogens is 244 g/mol. The van der Waals surface area contributed by atoms with Crippen molar-refractivity contribution in [1.29, 1.82) is 0 Å². The first-order valence-electron chi connectivity index (χ1n) is 6.52. The van der Waals surface area contributed by atoms with Crippen molar-refractivity contribution in [3.05, 3.63) is 29.8 Å². The summed E-state index contributed by atoms with van der Waals surface area (Å²) in [6, 6.07) is 6.58. The van der Waals surface area contributed by atoms with Crippen molar-refractivity contribution in [3.63, 3.8) is 0 Å². The SMILES string of the molecule is CC[C@@H](NC(=O)N1CCCc2ccccc21)C(=O)O. The van der Waals surface area contributed by atoms with Gasteiger partial charge in [-0.3, -0.25) is 4.90 Å². The maximum absolute atomic E-state index is 12.2. The van der Waals surface area contributed by atoms with Crippen LogP contribution in [-0.4, -0.2) is 29.7 Å². The summed E-state index contributed by atoms with van der Waals surface area (Å²) in [4.78, 5) is 24.8. The van der Waals surface area contributed by atoms with E-state index in [1.807, 2.05) is 24.3 Å². The number of carbonyl (C=O) groups excluding carboxylic acids is 1. The molecule has 1 aromatic carbocycles. The van der Waals surface area contributed by atoms with Crippen LogP contribution in [0.1, 0.15) is 25.3 Å². The number of rotatable bonds is 3. The molecule has 2 N–H and O–H groups in total. The van der Waals surface area contributed by atoms with Gasteiger partial charge in [0, 0.05) is 12.2 Å². The lowest BCUT2D eigenvalue weighted by Crippen LogP contribution is -2.49. The topological polar surface area (TPSA) is 69.6 Å². The lowest BCUT2D eigenvalue weighted by atomic mass is 10.0. The number of hydrogen-bond acceptors (Lipinski definition) is 2. The number of amides is 2. The summed E-state index contributed by atoms with van der Waals surface area (Å²) < 4.78 is 0. The minimum Gasteiger partial charge on any atom is -0.480 e. The van der Waals surface area contributed by atoms with Crippen molar-refractivity contribution in [2.45, 2.75) is 32.2 Å². The van der Waals surface area contributed by atoms with Crippen LogP contribution in [0.2, 0.25) is 0 Å². The zero-order chi connectivity index (χ0) is 13.8. The minimum absolute atomic E-state index is 0.332. The smallest absolute Gasteiger partial charge is 0.326 e. The number of para-hydroxylation sites is 1. The molecule has 1 aromatic rings. The highest BCUT2D eigenvalue weighted by atomic mass is 16.4. The van der Waals surface area contributed by atoms with Crippen LogP contribution in [0.5, 0.6) is 0 Å². The number of aliphatic carboxylic acids is 1. The highest BCUT2D eigenvalue weighted by molar-refractivity contribution is 5.95. The molecule has 0 radical (unpaired) electrons. The van der Waals surface area contributed by atoms with Crippen molar-refractivity contribution in [2.24, 2.45) is 0 Å². The van der Waals surface area contributed by atoms with E-state index in [1.54, 1.807) is 11.8 Å². The van der Waals surface area contributed by atoms with Gasteiger partial charge in [0.2, 0.25) is 0 Å². The molecular formula is C14H18N2O3. The quantitative estimate of drug-likeness (QED) is 0.875. The van der Waals surface area contributed by atoms with Crippen LogP contribution in [0, 0.1) is 0 Å². The van der Waals surface area contributed by atoms with E-state index in [1.165, 1.54) is 0 Å². The molecule has 1 aliphatic rings. The van der Waals surface area contributed by atoms with Crippen molar-refractivity contribution in [1.82, 2.24) is 5.32 Å². The molecule has 1 aliphatic heterocycles. The maximum Gasteiger partial charge on any atom is 0.326 e. The molecule has 0 spiro atoms. The van der Waals surface area contributed by atoms with Crippen LogP contribution in [-0.2, 0) is 11.2 Å². The van der Waals surface area contributed by atoms with E-state index in [9.17, 15) is 9.59 Å². The highest BCUT2D eigenvalue weighted by Crippen LogP contribution is 2.26. The molecule has 0 fully saturated rings. The van der Waals surface area contributed by atoms with Gasteiger partial charge < -0.3 is 10.4 Å². The molecule has 1 atom stereocenters. The zero-order valence-electron chi connectivity index (χ0n) is 10.9. The second-order valence-corrected chi connectivity index (χ2v) is 4.63. The highest BCUT2D eigenvalue weighted by Gasteiger charge is 2.25. The number of fused-ring (bicyclic) bond motifs is 1. The zero-order valence-corrected chi connectivity index (χ0v) is 10.9. The third kappa shape index (κ3) is 2.86. The van der Waals surface area contributed by atoms with Gasteiger partial charge in [0.15, 0.2) is 0 Å². The number of carboxylic acid groups (broad SMARTS) is 1. The molecule has 5 heteroatoms. The molecule has 0 saturated heterocycles. The largest absolute Gasteiger partial charge is 0.480 e. The number of nitrogens with one attached hydrogen (secondary N) is 1. The van der Waals surface area contributed by atoms with Gasteiger partial charge in [0.25, 0.3) is 0 Å². The third-order valence-corrected chi connectivity index (χ3v) is 3.36. The van der Waals surface area contributed by atoms with Crippen LogP contribution in [0.3, 0.4) is 0 Å². The number of anilines is 1. The fourth-order valence-corrected chi connectivity index (χ4v) is 2.31. The molecule has 102 valence electrons. The summed E-state index contributed by atoms with van der Waals surface area (Å²) in [6.07, 6.45) is 2.22. The fraction of sp³-hybridized carbons (Fsp3) is 0.429. The number of aryl methyl sites for hydroxylation is 1. The Morgan fingerprint density at radius 2 is 2.16 bits per heavy atom. The number of carboxylic acids is 1. The van der Waals surface area contributed by atoms with Crippen LogP contribution in [0.4, 0.5) is 10.5 Å². The Bertz CT molecular complexity index is 487. The van der Waals surface area contributed by atoms with E-state index < -0.39 is 12.0 Å². The average Bonchev–Trinajstić information content (AvgIpc) is 2.43. The first kappa shape index (κ1) is 13.4. The van der Waals surface area contributed by atoms with Gasteiger partial charge >= 0.3 is 12.0 Å². The van der Waals surface area contributed by atoms with Gasteiger partial charge in [-0.05, 0) is 30.9 Å². The standard InChI is InChI=1S/C14H18N2O3/c1-2-11(13(17)18)15-14(19)16-9-5-7-10-6-3-4-8-12(10)16/h3-4,6,8,11H,2,5,7,9H2,1H3,(H,15,19)(H,17,18)/t11-/m1/s1. The van der Waals surface area contributed by atoms with E-state index in [-0.39, 0.29) is 6.03 Å². The Kier molecular flexibility index (Phi) is 4.04. The summed E-state index contributed by atoms with van der Waals surface area (Å²) in [5.74, 6) is -0.999. The van der Waals surface area contributed by atoms with Crippen LogP contribution >= 0.6 is 0 Å². The molecule has 0 aliphatic carbocycles.